The summed E-state index contributed by atoms with van der Waals surface area (Å²) >= 11 is 1.53. The fourth-order valence-corrected chi connectivity index (χ4v) is 2.00. The summed E-state index contributed by atoms with van der Waals surface area (Å²) in [7, 11) is 1.87. The van der Waals surface area contributed by atoms with Gasteiger partial charge in [-0.1, -0.05) is 0 Å². The van der Waals surface area contributed by atoms with Gasteiger partial charge in [-0.25, -0.2) is 4.98 Å². The summed E-state index contributed by atoms with van der Waals surface area (Å²) in [5.41, 5.74) is 1.04. The summed E-state index contributed by atoms with van der Waals surface area (Å²) in [4.78, 5) is 15.5. The largest absolute Gasteiger partial charge is 0.303 e. The Bertz CT molecular complexity index is 446. The summed E-state index contributed by atoms with van der Waals surface area (Å²) in [6, 6.07) is 0. The number of hydrogen-bond acceptors (Lipinski definition) is 4. The molecule has 14 heavy (non-hydrogen) atoms. The second-order valence-electron chi connectivity index (χ2n) is 2.89. The normalized spacial score (nSPS) is 10.4. The minimum atomic E-state index is 0.394. The Hall–Kier alpha value is -1.49. The van der Waals surface area contributed by atoms with Crippen LogP contribution in [0.4, 0.5) is 0 Å². The molecule has 0 atom stereocenters. The van der Waals surface area contributed by atoms with E-state index in [0.29, 0.717) is 6.42 Å². The van der Waals surface area contributed by atoms with E-state index in [0.717, 1.165) is 21.7 Å². The Morgan fingerprint density at radius 3 is 3.07 bits per heavy atom. The van der Waals surface area contributed by atoms with E-state index < -0.39 is 0 Å². The molecule has 2 rings (SSSR count). The van der Waals surface area contributed by atoms with Crippen LogP contribution < -0.4 is 0 Å². The summed E-state index contributed by atoms with van der Waals surface area (Å²) in [6.45, 7) is 0. The first-order valence-electron chi connectivity index (χ1n) is 4.17. The number of carbonyl (C=O) groups is 1. The zero-order chi connectivity index (χ0) is 9.97. The second-order valence-corrected chi connectivity index (χ2v) is 4.01. The summed E-state index contributed by atoms with van der Waals surface area (Å²) in [5.74, 6) is 0. The van der Waals surface area contributed by atoms with Crippen LogP contribution in [0.3, 0.4) is 0 Å². The van der Waals surface area contributed by atoms with Gasteiger partial charge in [-0.3, -0.25) is 4.68 Å². The molecular formula is C9H9N3OS. The number of thiazole rings is 1. The van der Waals surface area contributed by atoms with Gasteiger partial charge in [0.05, 0.1) is 17.5 Å². The maximum Gasteiger partial charge on any atom is 0.126 e. The fourth-order valence-electron chi connectivity index (χ4n) is 1.16. The van der Waals surface area contributed by atoms with Crippen molar-refractivity contribution in [1.29, 1.82) is 0 Å². The van der Waals surface area contributed by atoms with Gasteiger partial charge < -0.3 is 4.79 Å². The molecule has 5 heteroatoms. The first kappa shape index (κ1) is 9.08. The molecule has 0 bridgehead atoms. The lowest BCUT2D eigenvalue weighted by Gasteiger charge is -1.86. The van der Waals surface area contributed by atoms with Crippen LogP contribution in [0, 0.1) is 0 Å². The molecule has 0 unspecified atom stereocenters. The van der Waals surface area contributed by atoms with E-state index in [1.165, 1.54) is 11.3 Å². The van der Waals surface area contributed by atoms with Crippen LogP contribution in [0.1, 0.15) is 5.01 Å². The van der Waals surface area contributed by atoms with E-state index >= 15 is 0 Å². The van der Waals surface area contributed by atoms with E-state index in [2.05, 4.69) is 10.1 Å². The lowest BCUT2D eigenvalue weighted by molar-refractivity contribution is -0.107. The predicted octanol–water partition coefficient (Wildman–Crippen LogP) is 1.28. The van der Waals surface area contributed by atoms with Crippen molar-refractivity contribution in [3.63, 3.8) is 0 Å². The van der Waals surface area contributed by atoms with E-state index in [9.17, 15) is 4.79 Å². The van der Waals surface area contributed by atoms with Crippen molar-refractivity contribution in [2.45, 2.75) is 6.42 Å². The minimum Gasteiger partial charge on any atom is -0.303 e. The summed E-state index contributed by atoms with van der Waals surface area (Å²) < 4.78 is 1.74. The van der Waals surface area contributed by atoms with Crippen LogP contribution in [-0.2, 0) is 18.3 Å². The zero-order valence-corrected chi connectivity index (χ0v) is 8.49. The van der Waals surface area contributed by atoms with Crippen molar-refractivity contribution < 1.29 is 4.79 Å². The van der Waals surface area contributed by atoms with Gasteiger partial charge in [0.1, 0.15) is 11.3 Å². The zero-order valence-electron chi connectivity index (χ0n) is 7.67. The molecule has 2 heterocycles. The number of aryl methyl sites for hydroxylation is 1. The van der Waals surface area contributed by atoms with Gasteiger partial charge >= 0.3 is 0 Å². The molecule has 2 aromatic heterocycles. The quantitative estimate of drug-likeness (QED) is 0.712. The van der Waals surface area contributed by atoms with Gasteiger partial charge in [0, 0.05) is 25.0 Å². The maximum absolute atomic E-state index is 10.3. The lowest BCUT2D eigenvalue weighted by atomic mass is 10.3. The van der Waals surface area contributed by atoms with Crippen LogP contribution >= 0.6 is 11.3 Å². The average Bonchev–Trinajstić information content (AvgIpc) is 2.74. The van der Waals surface area contributed by atoms with Gasteiger partial charge in [0.2, 0.25) is 0 Å². The Morgan fingerprint density at radius 2 is 2.43 bits per heavy atom. The topological polar surface area (TPSA) is 47.8 Å². The first-order chi connectivity index (χ1) is 6.79. The van der Waals surface area contributed by atoms with Crippen molar-refractivity contribution in [3.8, 4) is 10.4 Å². The van der Waals surface area contributed by atoms with Crippen molar-refractivity contribution in [3.05, 3.63) is 23.6 Å². The lowest BCUT2D eigenvalue weighted by Crippen LogP contribution is -1.83. The van der Waals surface area contributed by atoms with Crippen LogP contribution in [-0.4, -0.2) is 21.1 Å². The van der Waals surface area contributed by atoms with E-state index in [1.807, 2.05) is 13.2 Å². The Kier molecular flexibility index (Phi) is 2.41. The van der Waals surface area contributed by atoms with Crippen LogP contribution in [0.15, 0.2) is 18.6 Å². The minimum absolute atomic E-state index is 0.394. The Morgan fingerprint density at radius 1 is 1.57 bits per heavy atom. The summed E-state index contributed by atoms with van der Waals surface area (Å²) in [5, 5.41) is 4.92. The van der Waals surface area contributed by atoms with E-state index in [-0.39, 0.29) is 0 Å². The molecular weight excluding hydrogens is 198 g/mol. The van der Waals surface area contributed by atoms with Crippen molar-refractivity contribution in [2.24, 2.45) is 7.05 Å². The van der Waals surface area contributed by atoms with Gasteiger partial charge in [-0.2, -0.15) is 5.10 Å². The highest BCUT2D eigenvalue weighted by molar-refractivity contribution is 7.15. The smallest absolute Gasteiger partial charge is 0.126 e. The van der Waals surface area contributed by atoms with Gasteiger partial charge in [0.15, 0.2) is 0 Å². The summed E-state index contributed by atoms with van der Waals surface area (Å²) in [6.07, 6.45) is 6.76. The predicted molar refractivity (Wildman–Crippen MR) is 54.1 cm³/mol. The number of aldehydes is 1. The SMILES string of the molecule is Cn1cc(-c2cnc(CC=O)s2)cn1. The van der Waals surface area contributed by atoms with Crippen LogP contribution in [0.25, 0.3) is 10.4 Å². The Balaban J connectivity index is 2.28. The van der Waals surface area contributed by atoms with Crippen molar-refractivity contribution >= 4 is 17.6 Å². The third kappa shape index (κ3) is 1.72. The Labute approximate surface area is 85.2 Å². The van der Waals surface area contributed by atoms with E-state index in [4.69, 9.17) is 0 Å². The molecule has 0 fully saturated rings. The number of nitrogens with zero attached hydrogens (tertiary/aromatic N) is 3. The number of aromatic nitrogens is 3. The molecule has 0 saturated carbocycles. The molecule has 4 nitrogen and oxygen atoms in total. The van der Waals surface area contributed by atoms with Gasteiger partial charge in [0.25, 0.3) is 0 Å². The monoisotopic (exact) mass is 207 g/mol. The fraction of sp³-hybridized carbons (Fsp3) is 0.222. The molecule has 0 aliphatic heterocycles. The van der Waals surface area contributed by atoms with E-state index in [1.54, 1.807) is 17.1 Å². The first-order valence-corrected chi connectivity index (χ1v) is 4.98. The maximum atomic E-state index is 10.3. The molecule has 0 aliphatic rings. The molecule has 0 aromatic carbocycles. The number of rotatable bonds is 3. The molecule has 0 N–H and O–H groups in total. The van der Waals surface area contributed by atoms with Crippen LogP contribution in [0.5, 0.6) is 0 Å². The van der Waals surface area contributed by atoms with Gasteiger partial charge in [-0.05, 0) is 0 Å². The molecule has 0 radical (unpaired) electrons. The molecule has 72 valence electrons. The molecule has 0 amide bonds. The van der Waals surface area contributed by atoms with Gasteiger partial charge in [-0.15, -0.1) is 11.3 Å². The highest BCUT2D eigenvalue weighted by atomic mass is 32.1. The standard InChI is InChI=1S/C9H9N3OS/c1-12-6-7(4-11-12)8-5-10-9(14-8)2-3-13/h3-6H,2H2,1H3. The average molecular weight is 207 g/mol. The second kappa shape index (κ2) is 3.71. The molecule has 2 aromatic rings. The third-order valence-electron chi connectivity index (χ3n) is 1.80. The number of hydrogen-bond donors (Lipinski definition) is 0. The molecule has 0 spiro atoms. The molecule has 0 saturated heterocycles. The van der Waals surface area contributed by atoms with Crippen LogP contribution in [0.2, 0.25) is 0 Å². The third-order valence-corrected chi connectivity index (χ3v) is 2.87. The number of carbonyl (C=O) groups excluding carboxylic acids is 1. The molecule has 0 aliphatic carbocycles. The highest BCUT2D eigenvalue weighted by Crippen LogP contribution is 2.25. The highest BCUT2D eigenvalue weighted by Gasteiger charge is 2.05. The van der Waals surface area contributed by atoms with Crippen molar-refractivity contribution in [2.75, 3.05) is 0 Å². The van der Waals surface area contributed by atoms with Crippen molar-refractivity contribution in [1.82, 2.24) is 14.8 Å².